The molecule has 102 valence electrons. The predicted octanol–water partition coefficient (Wildman–Crippen LogP) is 0.974. The van der Waals surface area contributed by atoms with Crippen LogP contribution in [0.5, 0.6) is 0 Å². The molecular weight excluding hydrogens is 242 g/mol. The van der Waals surface area contributed by atoms with E-state index < -0.39 is 6.04 Å². The molecule has 0 bridgehead atoms. The second kappa shape index (κ2) is 5.30. The first-order valence-corrected chi connectivity index (χ1v) is 6.44. The monoisotopic (exact) mass is 261 g/mol. The Morgan fingerprint density at radius 3 is 2.63 bits per heavy atom. The van der Waals surface area contributed by atoms with Crippen LogP contribution in [0, 0.1) is 6.92 Å². The Labute approximate surface area is 112 Å². The fourth-order valence-electron chi connectivity index (χ4n) is 1.68. The maximum Gasteiger partial charge on any atom is 0.251 e. The maximum absolute atomic E-state index is 12.0. The van der Waals surface area contributed by atoms with Crippen LogP contribution in [0.2, 0.25) is 0 Å². The second-order valence-electron chi connectivity index (χ2n) is 5.05. The Kier molecular flexibility index (Phi) is 3.74. The molecule has 1 aromatic carbocycles. The topological polar surface area (TPSA) is 84.2 Å². The van der Waals surface area contributed by atoms with E-state index in [-0.39, 0.29) is 11.8 Å². The van der Waals surface area contributed by atoms with Crippen LogP contribution in [0.1, 0.15) is 35.7 Å². The molecule has 1 aliphatic carbocycles. The van der Waals surface area contributed by atoms with Crippen molar-refractivity contribution < 1.29 is 9.59 Å². The normalized spacial score (nSPS) is 15.7. The van der Waals surface area contributed by atoms with E-state index in [1.807, 2.05) is 6.92 Å². The highest BCUT2D eigenvalue weighted by atomic mass is 16.2. The summed E-state index contributed by atoms with van der Waals surface area (Å²) in [6, 6.07) is 4.86. The first-order chi connectivity index (χ1) is 8.97. The highest BCUT2D eigenvalue weighted by Gasteiger charge is 2.26. The van der Waals surface area contributed by atoms with E-state index in [0.29, 0.717) is 17.3 Å². The van der Waals surface area contributed by atoms with Crippen molar-refractivity contribution >= 4 is 17.5 Å². The third kappa shape index (κ3) is 3.47. The number of nitrogen functional groups attached to an aromatic ring is 1. The number of rotatable bonds is 4. The molecule has 1 atom stereocenters. The molecule has 0 spiro atoms. The van der Waals surface area contributed by atoms with E-state index in [1.54, 1.807) is 25.1 Å². The molecule has 1 saturated carbocycles. The zero-order valence-electron chi connectivity index (χ0n) is 11.2. The Hall–Kier alpha value is -2.04. The van der Waals surface area contributed by atoms with Gasteiger partial charge in [0.15, 0.2) is 0 Å². The smallest absolute Gasteiger partial charge is 0.251 e. The zero-order chi connectivity index (χ0) is 14.0. The van der Waals surface area contributed by atoms with Crippen LogP contribution in [-0.2, 0) is 4.79 Å². The largest absolute Gasteiger partial charge is 0.398 e. The minimum Gasteiger partial charge on any atom is -0.398 e. The Morgan fingerprint density at radius 2 is 2.05 bits per heavy atom. The van der Waals surface area contributed by atoms with Crippen molar-refractivity contribution in [2.75, 3.05) is 5.73 Å². The van der Waals surface area contributed by atoms with Crippen LogP contribution in [-0.4, -0.2) is 23.9 Å². The van der Waals surface area contributed by atoms with E-state index in [2.05, 4.69) is 10.6 Å². The standard InChI is InChI=1S/C14H19N3O2/c1-8-3-4-10(7-12(8)15)14(19)16-9(2)13(18)17-11-5-6-11/h3-4,7,9,11H,5-6,15H2,1-2H3,(H,16,19)(H,17,18). The summed E-state index contributed by atoms with van der Waals surface area (Å²) < 4.78 is 0. The quantitative estimate of drug-likeness (QED) is 0.706. The van der Waals surface area contributed by atoms with Crippen LogP contribution in [0.25, 0.3) is 0 Å². The van der Waals surface area contributed by atoms with Gasteiger partial charge < -0.3 is 16.4 Å². The van der Waals surface area contributed by atoms with Crippen molar-refractivity contribution in [2.45, 2.75) is 38.8 Å². The van der Waals surface area contributed by atoms with Gasteiger partial charge in [0, 0.05) is 17.3 Å². The summed E-state index contributed by atoms with van der Waals surface area (Å²) in [5.41, 5.74) is 7.73. The van der Waals surface area contributed by atoms with Gasteiger partial charge in [0.25, 0.3) is 5.91 Å². The number of carbonyl (C=O) groups excluding carboxylic acids is 2. The summed E-state index contributed by atoms with van der Waals surface area (Å²) in [5.74, 6) is -0.430. The van der Waals surface area contributed by atoms with E-state index in [0.717, 1.165) is 18.4 Å². The van der Waals surface area contributed by atoms with Crippen molar-refractivity contribution in [1.82, 2.24) is 10.6 Å². The van der Waals surface area contributed by atoms with Gasteiger partial charge >= 0.3 is 0 Å². The van der Waals surface area contributed by atoms with Gasteiger partial charge in [0.1, 0.15) is 6.04 Å². The number of nitrogens with one attached hydrogen (secondary N) is 2. The SMILES string of the molecule is Cc1ccc(C(=O)NC(C)C(=O)NC2CC2)cc1N. The van der Waals surface area contributed by atoms with Gasteiger partial charge in [-0.1, -0.05) is 6.07 Å². The number of aryl methyl sites for hydroxylation is 1. The molecule has 5 nitrogen and oxygen atoms in total. The first-order valence-electron chi connectivity index (χ1n) is 6.44. The molecule has 0 saturated heterocycles. The Balaban J connectivity index is 1.95. The summed E-state index contributed by atoms with van der Waals surface area (Å²) in [4.78, 5) is 23.7. The highest BCUT2D eigenvalue weighted by Crippen LogP contribution is 2.18. The van der Waals surface area contributed by atoms with E-state index >= 15 is 0 Å². The molecule has 0 radical (unpaired) electrons. The van der Waals surface area contributed by atoms with Crippen molar-refractivity contribution in [3.05, 3.63) is 29.3 Å². The average molecular weight is 261 g/mol. The molecule has 1 aliphatic rings. The molecule has 1 fully saturated rings. The van der Waals surface area contributed by atoms with Gasteiger partial charge in [-0.3, -0.25) is 9.59 Å². The molecule has 19 heavy (non-hydrogen) atoms. The van der Waals surface area contributed by atoms with E-state index in [9.17, 15) is 9.59 Å². The fraction of sp³-hybridized carbons (Fsp3) is 0.429. The summed E-state index contributed by atoms with van der Waals surface area (Å²) in [6.45, 7) is 3.55. The molecule has 0 heterocycles. The Bertz CT molecular complexity index is 509. The summed E-state index contributed by atoms with van der Waals surface area (Å²) in [5, 5.41) is 5.52. The highest BCUT2D eigenvalue weighted by molar-refractivity contribution is 5.98. The van der Waals surface area contributed by atoms with E-state index in [4.69, 9.17) is 5.73 Å². The third-order valence-electron chi connectivity index (χ3n) is 3.21. The second-order valence-corrected chi connectivity index (χ2v) is 5.05. The van der Waals surface area contributed by atoms with Gasteiger partial charge in [-0.25, -0.2) is 0 Å². The molecule has 5 heteroatoms. The van der Waals surface area contributed by atoms with Crippen molar-refractivity contribution in [3.63, 3.8) is 0 Å². The minimum atomic E-state index is -0.546. The van der Waals surface area contributed by atoms with Crippen LogP contribution in [0.4, 0.5) is 5.69 Å². The van der Waals surface area contributed by atoms with Gasteiger partial charge in [-0.15, -0.1) is 0 Å². The lowest BCUT2D eigenvalue weighted by molar-refractivity contribution is -0.122. The number of amides is 2. The van der Waals surface area contributed by atoms with Crippen molar-refractivity contribution in [3.8, 4) is 0 Å². The molecule has 1 unspecified atom stereocenters. The molecular formula is C14H19N3O2. The molecule has 0 aromatic heterocycles. The number of hydrogen-bond acceptors (Lipinski definition) is 3. The molecule has 2 rings (SSSR count). The number of anilines is 1. The molecule has 0 aliphatic heterocycles. The van der Waals surface area contributed by atoms with E-state index in [1.165, 1.54) is 0 Å². The van der Waals surface area contributed by atoms with Crippen molar-refractivity contribution in [2.24, 2.45) is 0 Å². The van der Waals surface area contributed by atoms with Gasteiger partial charge in [0.05, 0.1) is 0 Å². The van der Waals surface area contributed by atoms with Gasteiger partial charge in [-0.2, -0.15) is 0 Å². The predicted molar refractivity (Wildman–Crippen MR) is 73.7 cm³/mol. The summed E-state index contributed by atoms with van der Waals surface area (Å²) in [6.07, 6.45) is 2.06. The number of hydrogen-bond donors (Lipinski definition) is 3. The van der Waals surface area contributed by atoms with Crippen LogP contribution < -0.4 is 16.4 Å². The molecule has 4 N–H and O–H groups in total. The average Bonchev–Trinajstić information content (AvgIpc) is 3.16. The van der Waals surface area contributed by atoms with Crippen LogP contribution in [0.3, 0.4) is 0 Å². The third-order valence-corrected chi connectivity index (χ3v) is 3.21. The fourth-order valence-corrected chi connectivity index (χ4v) is 1.68. The summed E-state index contributed by atoms with van der Waals surface area (Å²) >= 11 is 0. The molecule has 1 aromatic rings. The van der Waals surface area contributed by atoms with Gasteiger partial charge in [-0.05, 0) is 44.4 Å². The number of nitrogens with two attached hydrogens (primary N) is 1. The van der Waals surface area contributed by atoms with Crippen LogP contribution >= 0.6 is 0 Å². The lowest BCUT2D eigenvalue weighted by Gasteiger charge is -2.14. The van der Waals surface area contributed by atoms with Crippen LogP contribution in [0.15, 0.2) is 18.2 Å². The molecule has 2 amide bonds. The Morgan fingerprint density at radius 1 is 1.37 bits per heavy atom. The van der Waals surface area contributed by atoms with Gasteiger partial charge in [0.2, 0.25) is 5.91 Å². The first kappa shape index (κ1) is 13.4. The summed E-state index contributed by atoms with van der Waals surface area (Å²) in [7, 11) is 0. The minimum absolute atomic E-state index is 0.143. The lowest BCUT2D eigenvalue weighted by atomic mass is 10.1. The van der Waals surface area contributed by atoms with Crippen molar-refractivity contribution in [1.29, 1.82) is 0 Å². The number of carbonyl (C=O) groups is 2. The lowest BCUT2D eigenvalue weighted by Crippen LogP contribution is -2.45. The maximum atomic E-state index is 12.0. The number of benzene rings is 1. The zero-order valence-corrected chi connectivity index (χ0v) is 11.2.